The highest BCUT2D eigenvalue weighted by atomic mass is 32.2. The summed E-state index contributed by atoms with van der Waals surface area (Å²) in [4.78, 5) is 6.61. The predicted octanol–water partition coefficient (Wildman–Crippen LogP) is 2.08. The highest BCUT2D eigenvalue weighted by Gasteiger charge is 2.23. The molecule has 0 amide bonds. The van der Waals surface area contributed by atoms with E-state index >= 15 is 0 Å². The maximum atomic E-state index is 9.72. The summed E-state index contributed by atoms with van der Waals surface area (Å²) in [5.41, 5.74) is 0.918. The molecular formula is C12H18N2OS. The quantitative estimate of drug-likeness (QED) is 0.874. The monoisotopic (exact) mass is 238 g/mol. The van der Waals surface area contributed by atoms with Crippen LogP contribution < -0.4 is 4.90 Å². The van der Waals surface area contributed by atoms with Crippen molar-refractivity contribution in [3.05, 3.63) is 23.9 Å². The van der Waals surface area contributed by atoms with Gasteiger partial charge in [0.2, 0.25) is 0 Å². The Kier molecular flexibility index (Phi) is 3.71. The van der Waals surface area contributed by atoms with Gasteiger partial charge in [-0.3, -0.25) is 0 Å². The Morgan fingerprint density at radius 2 is 2.44 bits per heavy atom. The summed E-state index contributed by atoms with van der Waals surface area (Å²) in [7, 11) is 2.07. The highest BCUT2D eigenvalue weighted by molar-refractivity contribution is 7.99. The Hall–Kier alpha value is -0.740. The van der Waals surface area contributed by atoms with Gasteiger partial charge in [0, 0.05) is 30.6 Å². The molecule has 1 aromatic heterocycles. The van der Waals surface area contributed by atoms with Crippen molar-refractivity contribution in [3.8, 4) is 0 Å². The van der Waals surface area contributed by atoms with Crippen molar-refractivity contribution in [1.29, 1.82) is 0 Å². The number of rotatable bonds is 3. The molecule has 1 saturated heterocycles. The molecule has 2 rings (SSSR count). The number of anilines is 1. The molecule has 0 aliphatic carbocycles. The lowest BCUT2D eigenvalue weighted by Crippen LogP contribution is -2.32. The first kappa shape index (κ1) is 11.7. The molecule has 1 N–H and O–H groups in total. The lowest BCUT2D eigenvalue weighted by molar-refractivity contribution is 0.199. The van der Waals surface area contributed by atoms with Crippen LogP contribution in [0, 0.1) is 0 Å². The summed E-state index contributed by atoms with van der Waals surface area (Å²) in [6.07, 6.45) is 2.54. The molecule has 2 heterocycles. The van der Waals surface area contributed by atoms with E-state index in [2.05, 4.69) is 16.9 Å². The number of aliphatic hydroxyl groups excluding tert-OH is 1. The van der Waals surface area contributed by atoms with E-state index < -0.39 is 6.10 Å². The van der Waals surface area contributed by atoms with Crippen molar-refractivity contribution < 1.29 is 5.11 Å². The lowest BCUT2D eigenvalue weighted by atomic mass is 10.1. The van der Waals surface area contributed by atoms with E-state index in [1.54, 1.807) is 13.1 Å². The summed E-state index contributed by atoms with van der Waals surface area (Å²) < 4.78 is 0. The summed E-state index contributed by atoms with van der Waals surface area (Å²) in [6.45, 7) is 1.79. The van der Waals surface area contributed by atoms with Crippen LogP contribution in [-0.4, -0.2) is 34.7 Å². The summed E-state index contributed by atoms with van der Waals surface area (Å²) >= 11 is 1.99. The Bertz CT molecular complexity index is 351. The number of hydrogen-bond acceptors (Lipinski definition) is 4. The summed E-state index contributed by atoms with van der Waals surface area (Å²) in [5, 5.41) is 9.72. The van der Waals surface area contributed by atoms with Gasteiger partial charge in [0.05, 0.1) is 6.10 Å². The van der Waals surface area contributed by atoms with Gasteiger partial charge in [-0.15, -0.1) is 0 Å². The molecule has 3 nitrogen and oxygen atoms in total. The van der Waals surface area contributed by atoms with E-state index in [0.717, 1.165) is 17.1 Å². The van der Waals surface area contributed by atoms with Crippen LogP contribution in [0.25, 0.3) is 0 Å². The van der Waals surface area contributed by atoms with Crippen molar-refractivity contribution in [2.24, 2.45) is 0 Å². The van der Waals surface area contributed by atoms with E-state index in [4.69, 9.17) is 0 Å². The second-order valence-corrected chi connectivity index (χ2v) is 5.37. The third-order valence-electron chi connectivity index (χ3n) is 3.05. The second kappa shape index (κ2) is 5.06. The van der Waals surface area contributed by atoms with E-state index in [0.29, 0.717) is 6.04 Å². The predicted molar refractivity (Wildman–Crippen MR) is 69.0 cm³/mol. The van der Waals surface area contributed by atoms with Crippen LogP contribution in [0.1, 0.15) is 25.0 Å². The zero-order valence-corrected chi connectivity index (χ0v) is 10.6. The molecule has 0 aromatic carbocycles. The van der Waals surface area contributed by atoms with Crippen molar-refractivity contribution in [3.63, 3.8) is 0 Å². The molecule has 4 heteroatoms. The molecule has 1 unspecified atom stereocenters. The number of aromatic nitrogens is 1. The van der Waals surface area contributed by atoms with Crippen molar-refractivity contribution >= 4 is 17.6 Å². The molecule has 1 fully saturated rings. The van der Waals surface area contributed by atoms with Crippen LogP contribution >= 0.6 is 11.8 Å². The van der Waals surface area contributed by atoms with E-state index in [-0.39, 0.29) is 0 Å². The zero-order valence-electron chi connectivity index (χ0n) is 9.76. The molecule has 0 radical (unpaired) electrons. The number of hydrogen-bond donors (Lipinski definition) is 1. The highest BCUT2D eigenvalue weighted by Crippen LogP contribution is 2.29. The standard InChI is InChI=1S/C12H18N2OS/c1-9(15)11-4-3-6-13-12(11)14(2)10-5-7-16-8-10/h3-4,6,9-10,15H,5,7-8H2,1-2H3/t9-,10?/m1/s1. The van der Waals surface area contributed by atoms with Gasteiger partial charge in [-0.25, -0.2) is 4.98 Å². The van der Waals surface area contributed by atoms with Crippen LogP contribution in [0.15, 0.2) is 18.3 Å². The van der Waals surface area contributed by atoms with Crippen molar-refractivity contribution in [1.82, 2.24) is 4.98 Å². The van der Waals surface area contributed by atoms with Crippen LogP contribution in [0.2, 0.25) is 0 Å². The fourth-order valence-corrected chi connectivity index (χ4v) is 3.30. The second-order valence-electron chi connectivity index (χ2n) is 4.22. The van der Waals surface area contributed by atoms with Crippen molar-refractivity contribution in [2.45, 2.75) is 25.5 Å². The first-order valence-corrected chi connectivity index (χ1v) is 6.79. The third kappa shape index (κ3) is 2.33. The first-order chi connectivity index (χ1) is 7.70. The summed E-state index contributed by atoms with van der Waals surface area (Å²) in [5.74, 6) is 3.31. The molecule has 0 bridgehead atoms. The van der Waals surface area contributed by atoms with Crippen LogP contribution in [0.3, 0.4) is 0 Å². The minimum atomic E-state index is -0.458. The molecule has 16 heavy (non-hydrogen) atoms. The topological polar surface area (TPSA) is 36.4 Å². The van der Waals surface area contributed by atoms with Gasteiger partial charge < -0.3 is 10.0 Å². The van der Waals surface area contributed by atoms with Crippen LogP contribution in [0.4, 0.5) is 5.82 Å². The van der Waals surface area contributed by atoms with Gasteiger partial charge in [-0.05, 0) is 25.2 Å². The number of pyridine rings is 1. The SMILES string of the molecule is C[C@@H](O)c1cccnc1N(C)C1CCSC1. The molecule has 0 spiro atoms. The van der Waals surface area contributed by atoms with Gasteiger partial charge in [0.25, 0.3) is 0 Å². The first-order valence-electron chi connectivity index (χ1n) is 5.63. The van der Waals surface area contributed by atoms with Crippen LogP contribution in [0.5, 0.6) is 0 Å². The summed E-state index contributed by atoms with van der Waals surface area (Å²) in [6, 6.07) is 4.38. The average Bonchev–Trinajstić information content (AvgIpc) is 2.81. The van der Waals surface area contributed by atoms with Gasteiger partial charge in [0.15, 0.2) is 0 Å². The molecule has 1 aromatic rings. The van der Waals surface area contributed by atoms with Crippen LogP contribution in [-0.2, 0) is 0 Å². The smallest absolute Gasteiger partial charge is 0.134 e. The van der Waals surface area contributed by atoms with E-state index in [1.807, 2.05) is 23.9 Å². The normalized spacial score (nSPS) is 22.1. The number of aliphatic hydroxyl groups is 1. The fourth-order valence-electron chi connectivity index (χ4n) is 2.03. The van der Waals surface area contributed by atoms with E-state index in [9.17, 15) is 5.11 Å². The van der Waals surface area contributed by atoms with E-state index in [1.165, 1.54) is 12.2 Å². The number of nitrogens with zero attached hydrogens (tertiary/aromatic N) is 2. The molecular weight excluding hydrogens is 220 g/mol. The Labute approximate surface area is 101 Å². The van der Waals surface area contributed by atoms with Gasteiger partial charge in [-0.1, -0.05) is 6.07 Å². The Balaban J connectivity index is 2.24. The maximum Gasteiger partial charge on any atom is 0.134 e. The molecule has 0 saturated carbocycles. The molecule has 1 aliphatic heterocycles. The van der Waals surface area contributed by atoms with Gasteiger partial charge in [0.1, 0.15) is 5.82 Å². The lowest BCUT2D eigenvalue weighted by Gasteiger charge is -2.27. The van der Waals surface area contributed by atoms with Crippen molar-refractivity contribution in [2.75, 3.05) is 23.5 Å². The molecule has 1 aliphatic rings. The Morgan fingerprint density at radius 3 is 3.06 bits per heavy atom. The zero-order chi connectivity index (χ0) is 11.5. The maximum absolute atomic E-state index is 9.72. The minimum Gasteiger partial charge on any atom is -0.389 e. The van der Waals surface area contributed by atoms with Gasteiger partial charge in [-0.2, -0.15) is 11.8 Å². The van der Waals surface area contributed by atoms with Gasteiger partial charge >= 0.3 is 0 Å². The average molecular weight is 238 g/mol. The molecule has 2 atom stereocenters. The largest absolute Gasteiger partial charge is 0.389 e. The number of thioether (sulfide) groups is 1. The fraction of sp³-hybridized carbons (Fsp3) is 0.583. The Morgan fingerprint density at radius 1 is 1.62 bits per heavy atom. The third-order valence-corrected chi connectivity index (χ3v) is 4.20. The molecule has 88 valence electrons. The minimum absolute atomic E-state index is 0.458.